The van der Waals surface area contributed by atoms with Crippen molar-refractivity contribution in [2.24, 2.45) is 0 Å². The van der Waals surface area contributed by atoms with Gasteiger partial charge in [0, 0.05) is 0 Å². The van der Waals surface area contributed by atoms with Gasteiger partial charge in [-0.05, 0) is 0 Å². The first-order chi connectivity index (χ1) is 25.0. The molecule has 0 bridgehead atoms. The van der Waals surface area contributed by atoms with Gasteiger partial charge >= 0.3 is 322 Å². The molecule has 0 spiro atoms. The summed E-state index contributed by atoms with van der Waals surface area (Å²) in [6.45, 7) is 13.7. The van der Waals surface area contributed by atoms with Crippen LogP contribution in [0.15, 0.2) is 126 Å². The van der Waals surface area contributed by atoms with Crippen LogP contribution >= 0.6 is 17.0 Å². The van der Waals surface area contributed by atoms with E-state index in [2.05, 4.69) is 169 Å². The second kappa shape index (κ2) is 12.3. The van der Waals surface area contributed by atoms with E-state index in [-0.39, 0.29) is 7.25 Å². The normalized spacial score (nSPS) is 18.3. The maximum atomic E-state index is 9.10. The Bertz CT molecular complexity index is 2420. The number of rotatable bonds is 5. The van der Waals surface area contributed by atoms with Gasteiger partial charge in [-0.3, -0.25) is 0 Å². The van der Waals surface area contributed by atoms with Gasteiger partial charge in [0.15, 0.2) is 0 Å². The van der Waals surface area contributed by atoms with Crippen molar-refractivity contribution in [3.05, 3.63) is 171 Å². The van der Waals surface area contributed by atoms with E-state index < -0.39 is 25.9 Å². The average molecular weight is 810 g/mol. The van der Waals surface area contributed by atoms with Gasteiger partial charge in [0.2, 0.25) is 0 Å². The number of fused-ring (bicyclic) bond motifs is 5. The zero-order valence-electron chi connectivity index (χ0n) is 30.7. The second-order valence-electron chi connectivity index (χ2n) is 15.6. The molecule has 0 radical (unpaired) electrons. The SMILES string of the molecule is CC1=Cc2c(cc(C)c(C)c2-c2ccccc2)[CH]1[Zr]([Cl])([Cl])([c]1cccc2c1[SiH2]c1ccccc1-2)[CH]1C(C)=Cc2c1cc(C)c(C)c2-c1ccccc1. The minimum absolute atomic E-state index is 0.0909. The van der Waals surface area contributed by atoms with Crippen molar-refractivity contribution in [3.8, 4) is 33.4 Å². The average Bonchev–Trinajstić information content (AvgIpc) is 3.80. The Kier molecular flexibility index (Phi) is 8.08. The molecule has 0 aromatic heterocycles. The topological polar surface area (TPSA) is 0 Å². The van der Waals surface area contributed by atoms with Crippen LogP contribution < -0.4 is 13.6 Å². The van der Waals surface area contributed by atoms with Gasteiger partial charge in [0.05, 0.1) is 0 Å². The standard InChI is InChI=1S/2C18H17.C12H9Si.2ClH.Zr/c2*1-12-9-16-11-13(2)14(3)18(17(16)10-12)15-7-5-4-6-8-15;1-3-7-11-9(5-1)10-6-2-4-8-12(10)13-11;;;/h2*4-11H,1-3H3;1-7H,13H2;2*1H;/q;;;;;+2/p-2. The molecule has 4 heteroatoms. The van der Waals surface area contributed by atoms with Gasteiger partial charge in [-0.2, -0.15) is 0 Å². The molecule has 6 aromatic carbocycles. The fraction of sp³-hybridized carbons (Fsp3) is 0.167. The number of hydrogen-bond donors (Lipinski definition) is 0. The fourth-order valence-electron chi connectivity index (χ4n) is 10.3. The van der Waals surface area contributed by atoms with Crippen LogP contribution in [0.25, 0.3) is 45.5 Å². The van der Waals surface area contributed by atoms with Crippen molar-refractivity contribution < 1.29 is 16.4 Å². The number of allylic oxidation sites excluding steroid dienone is 2. The number of aryl methyl sites for hydroxylation is 2. The first kappa shape index (κ1) is 34.3. The van der Waals surface area contributed by atoms with E-state index in [0.717, 1.165) is 0 Å². The van der Waals surface area contributed by atoms with Crippen molar-refractivity contribution in [2.45, 2.75) is 48.8 Å². The third kappa shape index (κ3) is 4.80. The van der Waals surface area contributed by atoms with Gasteiger partial charge in [0.1, 0.15) is 0 Å². The van der Waals surface area contributed by atoms with E-state index in [1.165, 1.54) is 103 Å². The second-order valence-corrected chi connectivity index (χ2v) is 38.0. The van der Waals surface area contributed by atoms with E-state index in [9.17, 15) is 0 Å². The van der Waals surface area contributed by atoms with Crippen LogP contribution in [-0.4, -0.2) is 9.52 Å². The van der Waals surface area contributed by atoms with E-state index in [0.29, 0.717) is 0 Å². The predicted octanol–water partition coefficient (Wildman–Crippen LogP) is 11.3. The summed E-state index contributed by atoms with van der Waals surface area (Å²) in [5.74, 6) is 0. The summed E-state index contributed by atoms with van der Waals surface area (Å²) >= 11 is -5.49. The maximum absolute atomic E-state index is 9.10. The van der Waals surface area contributed by atoms with E-state index >= 15 is 0 Å². The molecular formula is C48H43Cl2SiZr. The number of hydrogen-bond acceptors (Lipinski definition) is 0. The molecule has 0 saturated carbocycles. The Morgan fingerprint density at radius 3 is 1.50 bits per heavy atom. The molecule has 0 amide bonds. The van der Waals surface area contributed by atoms with Crippen molar-refractivity contribution in [1.82, 2.24) is 0 Å². The van der Waals surface area contributed by atoms with Gasteiger partial charge in [-0.25, -0.2) is 0 Å². The van der Waals surface area contributed by atoms with Crippen molar-refractivity contribution in [3.63, 3.8) is 0 Å². The van der Waals surface area contributed by atoms with Crippen LogP contribution in [0.1, 0.15) is 65.6 Å². The van der Waals surface area contributed by atoms with Gasteiger partial charge in [-0.1, -0.05) is 0 Å². The summed E-state index contributed by atoms with van der Waals surface area (Å²) in [5, 5.41) is 2.95. The molecule has 52 heavy (non-hydrogen) atoms. The molecule has 3 aliphatic rings. The molecule has 0 nitrogen and oxygen atoms in total. The van der Waals surface area contributed by atoms with E-state index in [1.54, 1.807) is 0 Å². The Morgan fingerprint density at radius 2 is 0.981 bits per heavy atom. The van der Waals surface area contributed by atoms with Crippen LogP contribution in [0.5, 0.6) is 0 Å². The summed E-state index contributed by atoms with van der Waals surface area (Å²) in [7, 11) is 17.4. The van der Waals surface area contributed by atoms with Crippen LogP contribution in [0.4, 0.5) is 0 Å². The van der Waals surface area contributed by atoms with E-state index in [1.807, 2.05) is 0 Å². The van der Waals surface area contributed by atoms with Crippen molar-refractivity contribution in [2.75, 3.05) is 0 Å². The third-order valence-corrected chi connectivity index (χ3v) is 35.9. The molecule has 0 N–H and O–H groups in total. The summed E-state index contributed by atoms with van der Waals surface area (Å²) in [5.41, 5.74) is 20.8. The predicted molar refractivity (Wildman–Crippen MR) is 227 cm³/mol. The zero-order valence-corrected chi connectivity index (χ0v) is 36.1. The molecule has 2 aliphatic carbocycles. The van der Waals surface area contributed by atoms with Crippen LogP contribution in [0, 0.1) is 27.7 Å². The quantitative estimate of drug-likeness (QED) is 0.152. The summed E-state index contributed by atoms with van der Waals surface area (Å²) < 4.78 is 1.10. The van der Waals surface area contributed by atoms with Gasteiger partial charge in [-0.15, -0.1) is 0 Å². The molecule has 0 saturated heterocycles. The molecule has 6 aromatic rings. The molecule has 2 atom stereocenters. The molecular weight excluding hydrogens is 767 g/mol. The monoisotopic (exact) mass is 807 g/mol. The summed E-state index contributed by atoms with van der Waals surface area (Å²) in [6.07, 6.45) is 4.87. The first-order valence-electron chi connectivity index (χ1n) is 18.5. The van der Waals surface area contributed by atoms with Crippen molar-refractivity contribution in [1.29, 1.82) is 0 Å². The van der Waals surface area contributed by atoms with Gasteiger partial charge < -0.3 is 0 Å². The summed E-state index contributed by atoms with van der Waals surface area (Å²) in [6, 6.07) is 42.6. The third-order valence-electron chi connectivity index (χ3n) is 12.7. The Morgan fingerprint density at radius 1 is 0.519 bits per heavy atom. The molecule has 257 valence electrons. The molecule has 1 aliphatic heterocycles. The van der Waals surface area contributed by atoms with Crippen molar-refractivity contribution >= 4 is 52.3 Å². The fourth-order valence-corrected chi connectivity index (χ4v) is 39.0. The van der Waals surface area contributed by atoms with E-state index in [4.69, 9.17) is 17.0 Å². The Labute approximate surface area is 319 Å². The number of halogens is 2. The molecule has 2 unspecified atom stereocenters. The van der Waals surface area contributed by atoms with Gasteiger partial charge in [0.25, 0.3) is 0 Å². The Balaban J connectivity index is 1.38. The molecule has 0 fully saturated rings. The summed E-state index contributed by atoms with van der Waals surface area (Å²) in [4.78, 5) is 0. The first-order valence-corrected chi connectivity index (χ1v) is 30.3. The van der Waals surface area contributed by atoms with Crippen LogP contribution in [0.3, 0.4) is 0 Å². The van der Waals surface area contributed by atoms with Crippen LogP contribution in [0.2, 0.25) is 0 Å². The van der Waals surface area contributed by atoms with Crippen LogP contribution in [-0.2, 0) is 16.4 Å². The number of benzene rings is 6. The molecule has 9 rings (SSSR count). The zero-order chi connectivity index (χ0) is 36.1. The minimum atomic E-state index is -5.49. The molecule has 1 heterocycles. The Hall–Kier alpha value is -3.52.